The predicted octanol–water partition coefficient (Wildman–Crippen LogP) is 4.31. The van der Waals surface area contributed by atoms with Crippen LogP contribution in [0.2, 0.25) is 0 Å². The lowest BCUT2D eigenvalue weighted by atomic mass is 9.81. The average molecular weight is 290 g/mol. The van der Waals surface area contributed by atoms with Crippen LogP contribution in [0.25, 0.3) is 0 Å². The minimum atomic E-state index is 0.416. The molecular weight excluding hydrogens is 262 g/mol. The fourth-order valence-electron chi connectivity index (χ4n) is 2.60. The van der Waals surface area contributed by atoms with Gasteiger partial charge in [0.25, 0.3) is 0 Å². The van der Waals surface area contributed by atoms with Crippen LogP contribution in [-0.2, 0) is 0 Å². The van der Waals surface area contributed by atoms with Crippen LogP contribution >= 0.6 is 15.9 Å². The number of hydrogen-bond donors (Lipinski definition) is 0. The molecule has 0 aromatic carbocycles. The number of alkyl halides is 1. The maximum atomic E-state index is 3.69. The Hall–Kier alpha value is 0.440. The highest BCUT2D eigenvalue weighted by atomic mass is 79.9. The number of rotatable bonds is 4. The molecule has 1 nitrogen and oxygen atoms in total. The topological polar surface area (TPSA) is 3.24 Å². The smallest absolute Gasteiger partial charge is 0.00927 e. The zero-order valence-electron chi connectivity index (χ0n) is 11.4. The van der Waals surface area contributed by atoms with E-state index in [9.17, 15) is 0 Å². The van der Waals surface area contributed by atoms with Crippen molar-refractivity contribution in [2.75, 3.05) is 18.4 Å². The van der Waals surface area contributed by atoms with Gasteiger partial charge in [-0.15, -0.1) is 0 Å². The molecule has 1 aliphatic heterocycles. The SMILES string of the molecule is CCC1CCCCN1CC(CBr)C(C)(C)C. The minimum absolute atomic E-state index is 0.416. The Kier molecular flexibility index (Phi) is 5.79. The number of piperidine rings is 1. The zero-order chi connectivity index (χ0) is 12.2. The number of halogens is 1. The Morgan fingerprint density at radius 2 is 2.00 bits per heavy atom. The van der Waals surface area contributed by atoms with Gasteiger partial charge in [0.15, 0.2) is 0 Å². The van der Waals surface area contributed by atoms with E-state index in [0.717, 1.165) is 17.3 Å². The summed E-state index contributed by atoms with van der Waals surface area (Å²) in [4.78, 5) is 2.74. The number of likely N-dealkylation sites (tertiary alicyclic amines) is 1. The van der Waals surface area contributed by atoms with Gasteiger partial charge in [-0.25, -0.2) is 0 Å². The van der Waals surface area contributed by atoms with E-state index in [1.807, 2.05) is 0 Å². The van der Waals surface area contributed by atoms with E-state index in [-0.39, 0.29) is 0 Å². The summed E-state index contributed by atoms with van der Waals surface area (Å²) in [5.74, 6) is 0.764. The Morgan fingerprint density at radius 3 is 2.50 bits per heavy atom. The lowest BCUT2D eigenvalue weighted by Gasteiger charge is -2.40. The molecule has 96 valence electrons. The van der Waals surface area contributed by atoms with Crippen molar-refractivity contribution in [1.82, 2.24) is 4.90 Å². The first-order valence-electron chi connectivity index (χ1n) is 6.79. The molecule has 0 spiro atoms. The molecule has 0 saturated carbocycles. The zero-order valence-corrected chi connectivity index (χ0v) is 13.0. The van der Waals surface area contributed by atoms with Gasteiger partial charge in [-0.1, -0.05) is 50.0 Å². The third-order valence-corrected chi connectivity index (χ3v) is 4.87. The molecule has 0 bridgehead atoms. The van der Waals surface area contributed by atoms with Crippen LogP contribution in [-0.4, -0.2) is 29.4 Å². The largest absolute Gasteiger partial charge is 0.300 e. The van der Waals surface area contributed by atoms with Crippen molar-refractivity contribution in [1.29, 1.82) is 0 Å². The maximum Gasteiger partial charge on any atom is 0.00927 e. The molecule has 0 aromatic heterocycles. The Labute approximate surface area is 110 Å². The Bertz CT molecular complexity index is 197. The summed E-state index contributed by atoms with van der Waals surface area (Å²) in [6, 6.07) is 0.845. The van der Waals surface area contributed by atoms with Crippen molar-refractivity contribution < 1.29 is 0 Å². The molecule has 0 aromatic rings. The Balaban J connectivity index is 2.55. The van der Waals surface area contributed by atoms with E-state index >= 15 is 0 Å². The molecule has 1 heterocycles. The van der Waals surface area contributed by atoms with Crippen LogP contribution in [0.15, 0.2) is 0 Å². The van der Waals surface area contributed by atoms with E-state index in [0.29, 0.717) is 5.41 Å². The quantitative estimate of drug-likeness (QED) is 0.697. The van der Waals surface area contributed by atoms with E-state index < -0.39 is 0 Å². The predicted molar refractivity (Wildman–Crippen MR) is 76.2 cm³/mol. The summed E-state index contributed by atoms with van der Waals surface area (Å²) in [5.41, 5.74) is 0.416. The second-order valence-corrected chi connectivity index (χ2v) is 6.92. The molecule has 16 heavy (non-hydrogen) atoms. The molecule has 1 saturated heterocycles. The second kappa shape index (κ2) is 6.39. The van der Waals surface area contributed by atoms with Gasteiger partial charge in [-0.2, -0.15) is 0 Å². The van der Waals surface area contributed by atoms with Gasteiger partial charge >= 0.3 is 0 Å². The molecule has 1 fully saturated rings. The molecular formula is C14H28BrN. The number of nitrogens with zero attached hydrogens (tertiary/aromatic N) is 1. The highest BCUT2D eigenvalue weighted by Gasteiger charge is 2.29. The first-order chi connectivity index (χ1) is 7.49. The molecule has 1 rings (SSSR count). The molecule has 0 radical (unpaired) electrons. The fourth-order valence-corrected chi connectivity index (χ4v) is 3.78. The third kappa shape index (κ3) is 4.03. The van der Waals surface area contributed by atoms with Crippen molar-refractivity contribution in [2.45, 2.75) is 59.4 Å². The highest BCUT2D eigenvalue weighted by molar-refractivity contribution is 9.09. The molecule has 2 unspecified atom stereocenters. The first kappa shape index (κ1) is 14.5. The van der Waals surface area contributed by atoms with Crippen LogP contribution in [0, 0.1) is 11.3 Å². The summed E-state index contributed by atoms with van der Waals surface area (Å²) in [7, 11) is 0. The van der Waals surface area contributed by atoms with Crippen LogP contribution in [0.5, 0.6) is 0 Å². The van der Waals surface area contributed by atoms with Crippen LogP contribution in [0.4, 0.5) is 0 Å². The van der Waals surface area contributed by atoms with Gasteiger partial charge in [0.2, 0.25) is 0 Å². The molecule has 2 atom stereocenters. The van der Waals surface area contributed by atoms with Crippen molar-refractivity contribution >= 4 is 15.9 Å². The average Bonchev–Trinajstić information content (AvgIpc) is 2.24. The standard InChI is InChI=1S/C14H28BrN/c1-5-13-8-6-7-9-16(13)11-12(10-15)14(2,3)4/h12-13H,5-11H2,1-4H3. The van der Waals surface area contributed by atoms with Crippen molar-refractivity contribution in [2.24, 2.45) is 11.3 Å². The van der Waals surface area contributed by atoms with Gasteiger partial charge in [-0.3, -0.25) is 0 Å². The summed E-state index contributed by atoms with van der Waals surface area (Å²) in [6.45, 7) is 12.0. The van der Waals surface area contributed by atoms with Gasteiger partial charge in [0.05, 0.1) is 0 Å². The van der Waals surface area contributed by atoms with E-state index in [2.05, 4.69) is 48.5 Å². The van der Waals surface area contributed by atoms with Crippen molar-refractivity contribution in [3.05, 3.63) is 0 Å². The van der Waals surface area contributed by atoms with Crippen LogP contribution in [0.3, 0.4) is 0 Å². The number of hydrogen-bond acceptors (Lipinski definition) is 1. The van der Waals surface area contributed by atoms with Crippen LogP contribution in [0.1, 0.15) is 53.4 Å². The molecule has 0 amide bonds. The van der Waals surface area contributed by atoms with E-state index in [4.69, 9.17) is 0 Å². The van der Waals surface area contributed by atoms with Crippen molar-refractivity contribution in [3.8, 4) is 0 Å². The Morgan fingerprint density at radius 1 is 1.31 bits per heavy atom. The van der Waals surface area contributed by atoms with Crippen LogP contribution < -0.4 is 0 Å². The molecule has 1 aliphatic rings. The van der Waals surface area contributed by atoms with Gasteiger partial charge in [0, 0.05) is 17.9 Å². The van der Waals surface area contributed by atoms with Crippen molar-refractivity contribution in [3.63, 3.8) is 0 Å². The first-order valence-corrected chi connectivity index (χ1v) is 7.91. The summed E-state index contributed by atoms with van der Waals surface area (Å²) >= 11 is 3.69. The summed E-state index contributed by atoms with van der Waals surface area (Å²) in [5, 5.41) is 1.13. The molecule has 2 heteroatoms. The lowest BCUT2D eigenvalue weighted by Crippen LogP contribution is -2.44. The van der Waals surface area contributed by atoms with Gasteiger partial charge < -0.3 is 4.90 Å². The normalized spacial score (nSPS) is 25.7. The monoisotopic (exact) mass is 289 g/mol. The second-order valence-electron chi connectivity index (χ2n) is 6.27. The fraction of sp³-hybridized carbons (Fsp3) is 1.00. The van der Waals surface area contributed by atoms with Gasteiger partial charge in [-0.05, 0) is 37.1 Å². The lowest BCUT2D eigenvalue weighted by molar-refractivity contribution is 0.0943. The highest BCUT2D eigenvalue weighted by Crippen LogP contribution is 2.30. The van der Waals surface area contributed by atoms with Gasteiger partial charge in [0.1, 0.15) is 0 Å². The molecule has 0 aliphatic carbocycles. The maximum absolute atomic E-state index is 3.69. The van der Waals surface area contributed by atoms with E-state index in [1.54, 1.807) is 0 Å². The summed E-state index contributed by atoms with van der Waals surface area (Å²) < 4.78 is 0. The third-order valence-electron chi connectivity index (χ3n) is 4.09. The summed E-state index contributed by atoms with van der Waals surface area (Å²) in [6.07, 6.45) is 5.56. The molecule has 0 N–H and O–H groups in total. The van der Waals surface area contributed by atoms with E-state index in [1.165, 1.54) is 38.8 Å². The minimum Gasteiger partial charge on any atom is -0.300 e.